The van der Waals surface area contributed by atoms with Crippen LogP contribution in [0.3, 0.4) is 0 Å². The first-order chi connectivity index (χ1) is 17.0. The summed E-state index contributed by atoms with van der Waals surface area (Å²) >= 11 is 1.67. The van der Waals surface area contributed by atoms with E-state index in [4.69, 9.17) is 16.3 Å². The van der Waals surface area contributed by atoms with Crippen molar-refractivity contribution < 1.29 is 11.3 Å². The maximum absolute atomic E-state index is 8.85. The summed E-state index contributed by atoms with van der Waals surface area (Å²) in [7, 11) is 0. The first-order valence-corrected chi connectivity index (χ1v) is 11.6. The van der Waals surface area contributed by atoms with E-state index >= 15 is 0 Å². The van der Waals surface area contributed by atoms with Crippen molar-refractivity contribution in [2.45, 2.75) is 60.2 Å². The van der Waals surface area contributed by atoms with Crippen LogP contribution in [0.2, 0.25) is 0 Å². The van der Waals surface area contributed by atoms with Gasteiger partial charge in [-0.3, -0.25) is 4.98 Å². The van der Waals surface area contributed by atoms with Crippen LogP contribution in [0.15, 0.2) is 47.0 Å². The van der Waals surface area contributed by atoms with E-state index in [0.717, 1.165) is 31.6 Å². The molecular weight excluding hydrogens is 412 g/mol. The van der Waals surface area contributed by atoms with Gasteiger partial charge in [-0.15, -0.1) is 11.3 Å². The van der Waals surface area contributed by atoms with Crippen molar-refractivity contribution in [1.82, 2.24) is 9.97 Å². The number of nitrogens with zero attached hydrogens (tertiary/aromatic N) is 2. The Morgan fingerprint density at radius 3 is 2.62 bits per heavy atom. The zero-order chi connectivity index (χ0) is 27.1. The van der Waals surface area contributed by atoms with E-state index in [1.54, 1.807) is 38.2 Å². The van der Waals surface area contributed by atoms with Crippen LogP contribution in [0.4, 0.5) is 0 Å². The van der Waals surface area contributed by atoms with Crippen LogP contribution in [0.1, 0.15) is 64.5 Å². The van der Waals surface area contributed by atoms with Crippen LogP contribution in [-0.4, -0.2) is 9.97 Å². The molecule has 3 aromatic heterocycles. The lowest BCUT2D eigenvalue weighted by Gasteiger charge is -2.20. The highest BCUT2D eigenvalue weighted by Gasteiger charge is 2.22. The highest BCUT2D eigenvalue weighted by Crippen LogP contribution is 2.42. The molecular formula is C28H30N2OS. The predicted octanol–water partition coefficient (Wildman–Crippen LogP) is 8.45. The molecule has 164 valence electrons. The molecule has 32 heavy (non-hydrogen) atoms. The van der Waals surface area contributed by atoms with Gasteiger partial charge >= 0.3 is 0 Å². The molecule has 0 aliphatic heterocycles. The van der Waals surface area contributed by atoms with E-state index in [1.165, 1.54) is 6.20 Å². The molecule has 0 N–H and O–H groups in total. The summed E-state index contributed by atoms with van der Waals surface area (Å²) in [6.45, 7) is 9.25. The van der Waals surface area contributed by atoms with Crippen molar-refractivity contribution in [3.8, 4) is 11.3 Å². The van der Waals surface area contributed by atoms with Crippen molar-refractivity contribution in [2.24, 2.45) is 5.41 Å². The second-order valence-corrected chi connectivity index (χ2v) is 11.3. The Bertz CT molecular complexity index is 1670. The molecule has 0 saturated heterocycles. The zero-order valence-electron chi connectivity index (χ0n) is 24.3. The van der Waals surface area contributed by atoms with Gasteiger partial charge in [0, 0.05) is 34.8 Å². The molecule has 0 unspecified atom stereocenters. The third-order valence-corrected chi connectivity index (χ3v) is 6.86. The van der Waals surface area contributed by atoms with Crippen LogP contribution in [0.25, 0.3) is 43.4 Å². The minimum Gasteiger partial charge on any atom is -0.455 e. The number of rotatable bonds is 2. The molecule has 5 aromatic rings. The van der Waals surface area contributed by atoms with Gasteiger partial charge in [0.05, 0.1) is 20.9 Å². The fraction of sp³-hybridized carbons (Fsp3) is 0.357. The molecule has 3 nitrogen and oxygen atoms in total. The molecule has 0 spiro atoms. The molecule has 2 aromatic carbocycles. The van der Waals surface area contributed by atoms with Gasteiger partial charge in [0.1, 0.15) is 11.2 Å². The fourth-order valence-electron chi connectivity index (χ4n) is 3.90. The average molecular weight is 448 g/mol. The zero-order valence-corrected chi connectivity index (χ0v) is 20.1. The molecule has 0 saturated carbocycles. The topological polar surface area (TPSA) is 38.9 Å². The van der Waals surface area contributed by atoms with Crippen molar-refractivity contribution in [1.29, 1.82) is 0 Å². The number of fused-ring (bicyclic) bond motifs is 5. The van der Waals surface area contributed by atoms with Crippen molar-refractivity contribution in [3.05, 3.63) is 58.7 Å². The van der Waals surface area contributed by atoms with Gasteiger partial charge in [-0.1, -0.05) is 53.7 Å². The molecule has 0 atom stereocenters. The number of para-hydroxylation sites is 1. The Labute approximate surface area is 200 Å². The third-order valence-electron chi connectivity index (χ3n) is 5.35. The van der Waals surface area contributed by atoms with Crippen LogP contribution in [-0.2, 0) is 11.8 Å². The van der Waals surface area contributed by atoms with Crippen LogP contribution in [0, 0.1) is 12.3 Å². The molecule has 4 heteroatoms. The van der Waals surface area contributed by atoms with Gasteiger partial charge in [0.25, 0.3) is 0 Å². The number of hydrogen-bond donors (Lipinski definition) is 0. The van der Waals surface area contributed by atoms with Crippen molar-refractivity contribution in [2.75, 3.05) is 0 Å². The Hall–Kier alpha value is -2.72. The molecule has 3 heterocycles. The molecule has 0 aliphatic rings. The number of benzene rings is 2. The van der Waals surface area contributed by atoms with E-state index in [0.29, 0.717) is 16.8 Å². The van der Waals surface area contributed by atoms with E-state index in [2.05, 4.69) is 25.8 Å². The van der Waals surface area contributed by atoms with Gasteiger partial charge in [-0.05, 0) is 54.0 Å². The third kappa shape index (κ3) is 3.61. The Balaban J connectivity index is 1.79. The van der Waals surface area contributed by atoms with Crippen LogP contribution >= 0.6 is 11.3 Å². The summed E-state index contributed by atoms with van der Waals surface area (Å²) in [5.41, 5.74) is 2.60. The second kappa shape index (κ2) is 7.14. The first-order valence-electron chi connectivity index (χ1n) is 13.3. The highest BCUT2D eigenvalue weighted by molar-refractivity contribution is 7.19. The summed E-state index contributed by atoms with van der Waals surface area (Å²) in [4.78, 5) is 9.36. The largest absolute Gasteiger partial charge is 0.455 e. The number of furan rings is 1. The Morgan fingerprint density at radius 1 is 1.09 bits per heavy atom. The van der Waals surface area contributed by atoms with Gasteiger partial charge in [0.15, 0.2) is 0 Å². The Kier molecular flexibility index (Phi) is 3.57. The maximum Gasteiger partial charge on any atom is 0.144 e. The number of pyridine rings is 1. The predicted molar refractivity (Wildman–Crippen MR) is 137 cm³/mol. The summed E-state index contributed by atoms with van der Waals surface area (Å²) in [5.74, 6) is 0. The minimum atomic E-state index is -2.49. The molecule has 5 rings (SSSR count). The van der Waals surface area contributed by atoms with Crippen LogP contribution < -0.4 is 0 Å². The van der Waals surface area contributed by atoms with Gasteiger partial charge < -0.3 is 4.42 Å². The van der Waals surface area contributed by atoms with Gasteiger partial charge in [-0.2, -0.15) is 0 Å². The quantitative estimate of drug-likeness (QED) is 0.272. The summed E-state index contributed by atoms with van der Waals surface area (Å²) < 4.78 is 49.1. The smallest absolute Gasteiger partial charge is 0.144 e. The van der Waals surface area contributed by atoms with Crippen LogP contribution in [0.5, 0.6) is 0 Å². The minimum absolute atomic E-state index is 0.0718. The summed E-state index contributed by atoms with van der Waals surface area (Å²) in [5, 5.41) is 2.97. The molecule has 0 aliphatic carbocycles. The molecule has 0 bridgehead atoms. The maximum atomic E-state index is 8.85. The lowest BCUT2D eigenvalue weighted by molar-refractivity contribution is 0.410. The Morgan fingerprint density at radius 2 is 1.91 bits per heavy atom. The second-order valence-electron chi connectivity index (χ2n) is 10.3. The standard InChI is InChI=1S/C28H30N2OS/c1-16-15-29-21(13-17(16)14-27(2,3)4)18-9-8-10-19-23-22(31-24(18)19)12-11-20-25(23)32-26(30-20)28(5,6)7/h8-13,15H,14H2,1-7H3/i1D3,14D2. The van der Waals surface area contributed by atoms with Crippen molar-refractivity contribution in [3.63, 3.8) is 0 Å². The monoisotopic (exact) mass is 447 g/mol. The van der Waals surface area contributed by atoms with Gasteiger partial charge in [0.2, 0.25) is 0 Å². The lowest BCUT2D eigenvalue weighted by atomic mass is 9.86. The lowest BCUT2D eigenvalue weighted by Crippen LogP contribution is -2.10. The van der Waals surface area contributed by atoms with Gasteiger partial charge in [-0.25, -0.2) is 4.98 Å². The van der Waals surface area contributed by atoms with E-state index in [-0.39, 0.29) is 16.5 Å². The number of aryl methyl sites for hydroxylation is 1. The summed E-state index contributed by atoms with van der Waals surface area (Å²) in [6.07, 6.45) is -0.617. The average Bonchev–Trinajstić information content (AvgIpc) is 3.38. The van der Waals surface area contributed by atoms with E-state index in [9.17, 15) is 0 Å². The molecule has 0 radical (unpaired) electrons. The first kappa shape index (κ1) is 16.0. The molecule has 0 amide bonds. The SMILES string of the molecule is [2H]C([2H])([2H])c1cnc(-c2cccc3c2oc2ccc4nc(C(C)(C)C)sc4c23)cc1C([2H])([2H])C(C)(C)C. The van der Waals surface area contributed by atoms with E-state index < -0.39 is 18.6 Å². The normalized spacial score (nSPS) is 16.1. The fourth-order valence-corrected chi connectivity index (χ4v) is 5.07. The summed E-state index contributed by atoms with van der Waals surface area (Å²) in [6, 6.07) is 11.3. The number of thiazole rings is 1. The van der Waals surface area contributed by atoms with E-state index in [1.807, 2.05) is 30.3 Å². The van der Waals surface area contributed by atoms with Crippen molar-refractivity contribution >= 4 is 43.5 Å². The number of aromatic nitrogens is 2. The highest BCUT2D eigenvalue weighted by atomic mass is 32.1. The number of hydrogen-bond acceptors (Lipinski definition) is 4. The molecule has 0 fully saturated rings.